The Morgan fingerprint density at radius 2 is 1.93 bits per heavy atom. The van der Waals surface area contributed by atoms with Crippen LogP contribution in [0.25, 0.3) is 16.2 Å². The van der Waals surface area contributed by atoms with Crippen LogP contribution in [0.1, 0.15) is 42.0 Å². The van der Waals surface area contributed by atoms with Gasteiger partial charge < -0.3 is 5.32 Å². The lowest BCUT2D eigenvalue weighted by molar-refractivity contribution is 0.102. The third kappa shape index (κ3) is 3.81. The van der Waals surface area contributed by atoms with Gasteiger partial charge in [-0.25, -0.2) is 9.97 Å². The summed E-state index contributed by atoms with van der Waals surface area (Å²) in [5.74, 6) is 0.306. The summed E-state index contributed by atoms with van der Waals surface area (Å²) in [5, 5.41) is 7.79. The van der Waals surface area contributed by atoms with Crippen LogP contribution in [0.3, 0.4) is 0 Å². The molecule has 29 heavy (non-hydrogen) atoms. The molecular formula is C20H20N6O2S. The number of anilines is 1. The molecule has 0 saturated carbocycles. The van der Waals surface area contributed by atoms with Gasteiger partial charge in [0.1, 0.15) is 5.82 Å². The topological polar surface area (TPSA) is 106 Å². The Labute approximate surface area is 170 Å². The number of carbonyl (C=O) groups is 1. The van der Waals surface area contributed by atoms with Crippen LogP contribution < -0.4 is 10.9 Å². The first-order valence-corrected chi connectivity index (χ1v) is 9.88. The normalized spacial score (nSPS) is 11.7. The lowest BCUT2D eigenvalue weighted by Gasteiger charge is -2.13. The van der Waals surface area contributed by atoms with Crippen molar-refractivity contribution in [2.75, 3.05) is 5.32 Å². The Hall–Kier alpha value is -3.33. The standard InChI is InChI=1S/C20H20N6O2S/c1-11-9-16(27)24-19(21-11)26-15(10-14(25-26)20(2,3)4)23-17(28)18-22-12-7-5-6-8-13(12)29-18/h5-10H,1-4H3,(H,23,28)(H,21,24,27). The van der Waals surface area contributed by atoms with Crippen LogP contribution >= 0.6 is 11.3 Å². The molecular weight excluding hydrogens is 388 g/mol. The number of fused-ring (bicyclic) bond motifs is 1. The molecule has 0 bridgehead atoms. The highest BCUT2D eigenvalue weighted by Crippen LogP contribution is 2.27. The highest BCUT2D eigenvalue weighted by molar-refractivity contribution is 7.20. The van der Waals surface area contributed by atoms with Crippen LogP contribution in [0.15, 0.2) is 41.2 Å². The number of amides is 1. The van der Waals surface area contributed by atoms with Crippen molar-refractivity contribution in [1.29, 1.82) is 0 Å². The summed E-state index contributed by atoms with van der Waals surface area (Å²) in [4.78, 5) is 36.2. The quantitative estimate of drug-likeness (QED) is 0.540. The number of H-pyrrole nitrogens is 1. The molecule has 0 aliphatic rings. The zero-order valence-electron chi connectivity index (χ0n) is 16.5. The highest BCUT2D eigenvalue weighted by Gasteiger charge is 2.23. The van der Waals surface area contributed by atoms with Gasteiger partial charge in [0.15, 0.2) is 5.01 Å². The van der Waals surface area contributed by atoms with Crippen LogP contribution in [0, 0.1) is 6.92 Å². The number of benzene rings is 1. The molecule has 0 spiro atoms. The number of hydrogen-bond acceptors (Lipinski definition) is 6. The van der Waals surface area contributed by atoms with E-state index in [4.69, 9.17) is 0 Å². The Balaban J connectivity index is 1.76. The second kappa shape index (κ2) is 6.93. The van der Waals surface area contributed by atoms with Crippen LogP contribution in [0.5, 0.6) is 0 Å². The molecule has 3 heterocycles. The Kier molecular flexibility index (Phi) is 4.54. The van der Waals surface area contributed by atoms with Gasteiger partial charge in [-0.3, -0.25) is 14.6 Å². The van der Waals surface area contributed by atoms with Gasteiger partial charge in [-0.05, 0) is 19.1 Å². The number of aromatic nitrogens is 5. The van der Waals surface area contributed by atoms with E-state index in [0.717, 1.165) is 15.9 Å². The van der Waals surface area contributed by atoms with E-state index in [1.165, 1.54) is 22.1 Å². The molecule has 9 heteroatoms. The lowest BCUT2D eigenvalue weighted by Crippen LogP contribution is -2.19. The molecule has 0 unspecified atom stereocenters. The summed E-state index contributed by atoms with van der Waals surface area (Å²) in [5.41, 5.74) is 1.53. The molecule has 0 radical (unpaired) electrons. The van der Waals surface area contributed by atoms with E-state index in [1.807, 2.05) is 45.0 Å². The fourth-order valence-corrected chi connectivity index (χ4v) is 3.66. The molecule has 0 fully saturated rings. The Morgan fingerprint density at radius 3 is 2.62 bits per heavy atom. The van der Waals surface area contributed by atoms with Gasteiger partial charge in [0, 0.05) is 23.2 Å². The average Bonchev–Trinajstić information content (AvgIpc) is 3.24. The van der Waals surface area contributed by atoms with Gasteiger partial charge in [-0.1, -0.05) is 32.9 Å². The van der Waals surface area contributed by atoms with Crippen LogP contribution in [-0.4, -0.2) is 30.6 Å². The molecule has 1 amide bonds. The van der Waals surface area contributed by atoms with Gasteiger partial charge in [-0.2, -0.15) is 9.78 Å². The molecule has 8 nitrogen and oxygen atoms in total. The second-order valence-corrected chi connectivity index (χ2v) is 8.76. The first-order valence-electron chi connectivity index (χ1n) is 9.06. The van der Waals surface area contributed by atoms with Crippen molar-refractivity contribution in [2.45, 2.75) is 33.1 Å². The van der Waals surface area contributed by atoms with E-state index >= 15 is 0 Å². The van der Waals surface area contributed by atoms with Crippen molar-refractivity contribution >= 4 is 33.3 Å². The summed E-state index contributed by atoms with van der Waals surface area (Å²) in [6, 6.07) is 10.8. The Morgan fingerprint density at radius 1 is 1.17 bits per heavy atom. The maximum atomic E-state index is 12.9. The van der Waals surface area contributed by atoms with Gasteiger partial charge in [0.2, 0.25) is 5.95 Å². The molecule has 148 valence electrons. The molecule has 0 atom stereocenters. The number of nitrogens with one attached hydrogen (secondary N) is 2. The predicted molar refractivity (Wildman–Crippen MR) is 113 cm³/mol. The van der Waals surface area contributed by atoms with Crippen LogP contribution in [0.2, 0.25) is 0 Å². The van der Waals surface area contributed by atoms with Crippen molar-refractivity contribution in [3.63, 3.8) is 0 Å². The van der Waals surface area contributed by atoms with E-state index in [0.29, 0.717) is 16.5 Å². The smallest absolute Gasteiger partial charge is 0.285 e. The number of rotatable bonds is 3. The van der Waals surface area contributed by atoms with E-state index in [9.17, 15) is 9.59 Å². The van der Waals surface area contributed by atoms with E-state index in [2.05, 4.69) is 25.4 Å². The predicted octanol–water partition coefficient (Wildman–Crippen LogP) is 3.42. The van der Waals surface area contributed by atoms with Crippen molar-refractivity contribution in [2.24, 2.45) is 0 Å². The second-order valence-electron chi connectivity index (χ2n) is 7.73. The number of aromatic amines is 1. The molecule has 4 rings (SSSR count). The summed E-state index contributed by atoms with van der Waals surface area (Å²) < 4.78 is 2.38. The monoisotopic (exact) mass is 408 g/mol. The zero-order valence-corrected chi connectivity index (χ0v) is 17.3. The maximum absolute atomic E-state index is 12.9. The fraction of sp³-hybridized carbons (Fsp3) is 0.250. The lowest BCUT2D eigenvalue weighted by atomic mass is 9.92. The van der Waals surface area contributed by atoms with E-state index < -0.39 is 0 Å². The molecule has 0 aliphatic heterocycles. The number of thiazole rings is 1. The van der Waals surface area contributed by atoms with Gasteiger partial charge in [-0.15, -0.1) is 11.3 Å². The molecule has 4 aromatic rings. The highest BCUT2D eigenvalue weighted by atomic mass is 32.1. The van der Waals surface area contributed by atoms with Gasteiger partial charge in [0.05, 0.1) is 15.9 Å². The first kappa shape index (κ1) is 19.0. The molecule has 2 N–H and O–H groups in total. The van der Waals surface area contributed by atoms with Gasteiger partial charge in [0.25, 0.3) is 11.5 Å². The summed E-state index contributed by atoms with van der Waals surface area (Å²) in [7, 11) is 0. The molecule has 1 aromatic carbocycles. The first-order chi connectivity index (χ1) is 13.7. The average molecular weight is 408 g/mol. The van der Waals surface area contributed by atoms with Crippen LogP contribution in [0.4, 0.5) is 5.82 Å². The minimum atomic E-state index is -0.345. The fourth-order valence-electron chi connectivity index (χ4n) is 2.80. The number of carbonyl (C=O) groups excluding carboxylic acids is 1. The van der Waals surface area contributed by atoms with Crippen LogP contribution in [-0.2, 0) is 5.41 Å². The minimum absolute atomic E-state index is 0.241. The SMILES string of the molecule is Cc1cc(=O)[nH]c(-n2nc(C(C)(C)C)cc2NC(=O)c2nc3ccccc3s2)n1. The summed E-state index contributed by atoms with van der Waals surface area (Å²) in [6.45, 7) is 7.79. The van der Waals surface area contributed by atoms with Crippen molar-refractivity contribution in [3.8, 4) is 5.95 Å². The third-order valence-corrected chi connectivity index (χ3v) is 5.30. The van der Waals surface area contributed by atoms with Crippen molar-refractivity contribution in [1.82, 2.24) is 24.7 Å². The zero-order chi connectivity index (χ0) is 20.8. The van der Waals surface area contributed by atoms with Crippen molar-refractivity contribution in [3.05, 3.63) is 63.1 Å². The minimum Gasteiger partial charge on any atom is -0.304 e. The Bertz CT molecular complexity index is 1250. The van der Waals surface area contributed by atoms with Crippen molar-refractivity contribution < 1.29 is 4.79 Å². The largest absolute Gasteiger partial charge is 0.304 e. The third-order valence-electron chi connectivity index (χ3n) is 4.27. The van der Waals surface area contributed by atoms with E-state index in [1.54, 1.807) is 13.0 Å². The maximum Gasteiger partial charge on any atom is 0.285 e. The summed E-state index contributed by atoms with van der Waals surface area (Å²) in [6.07, 6.45) is 0. The number of aryl methyl sites for hydroxylation is 1. The number of para-hydroxylation sites is 1. The number of hydrogen-bond donors (Lipinski definition) is 2. The van der Waals surface area contributed by atoms with Gasteiger partial charge >= 0.3 is 0 Å². The molecule has 3 aromatic heterocycles. The summed E-state index contributed by atoms with van der Waals surface area (Å²) >= 11 is 1.32. The van der Waals surface area contributed by atoms with E-state index in [-0.39, 0.29) is 22.8 Å². The molecule has 0 saturated heterocycles. The number of nitrogens with zero attached hydrogens (tertiary/aromatic N) is 4. The molecule has 0 aliphatic carbocycles.